The smallest absolute Gasteiger partial charge is 0.213 e. The Labute approximate surface area is 81.0 Å². The second-order valence-electron chi connectivity index (χ2n) is 2.56. The zero-order chi connectivity index (χ0) is 10.3. The van der Waals surface area contributed by atoms with Gasteiger partial charge in [-0.3, -0.25) is 0 Å². The quantitative estimate of drug-likeness (QED) is 0.699. The number of hydrogen-bond acceptors (Lipinski definition) is 2. The van der Waals surface area contributed by atoms with Gasteiger partial charge < -0.3 is 4.74 Å². The second kappa shape index (κ2) is 6.46. The van der Waals surface area contributed by atoms with E-state index in [1.165, 1.54) is 5.56 Å². The fourth-order valence-corrected chi connectivity index (χ4v) is 1.03. The summed E-state index contributed by atoms with van der Waals surface area (Å²) in [6, 6.07) is 3.97. The summed E-state index contributed by atoms with van der Waals surface area (Å²) in [5, 5.41) is 0. The van der Waals surface area contributed by atoms with Crippen molar-refractivity contribution in [2.45, 2.75) is 34.6 Å². The lowest BCUT2D eigenvalue weighted by molar-refractivity contribution is 0.326. The Kier molecular flexibility index (Phi) is 5.94. The molecule has 0 fully saturated rings. The number of pyridine rings is 1. The van der Waals surface area contributed by atoms with Gasteiger partial charge in [0.25, 0.3) is 0 Å². The highest BCUT2D eigenvalue weighted by molar-refractivity contribution is 5.23. The molecule has 0 radical (unpaired) electrons. The van der Waals surface area contributed by atoms with E-state index in [1.54, 1.807) is 0 Å². The van der Waals surface area contributed by atoms with Crippen LogP contribution in [-0.4, -0.2) is 11.6 Å². The van der Waals surface area contributed by atoms with Crippen molar-refractivity contribution in [2.75, 3.05) is 6.61 Å². The Morgan fingerprint density at radius 3 is 2.31 bits per heavy atom. The Bertz CT molecular complexity index is 226. The summed E-state index contributed by atoms with van der Waals surface area (Å²) in [6.45, 7) is 10.6. The standard InChI is InChI=1S/C9H13NO.C2H6/c1-4-11-9-6-7(2)5-8(3)10-9;1-2/h5-6H,4H2,1-3H3;1-2H3. The summed E-state index contributed by atoms with van der Waals surface area (Å²) in [6.07, 6.45) is 0. The van der Waals surface area contributed by atoms with Gasteiger partial charge in [-0.2, -0.15) is 0 Å². The molecule has 1 aromatic rings. The minimum Gasteiger partial charge on any atom is -0.478 e. The summed E-state index contributed by atoms with van der Waals surface area (Å²) in [7, 11) is 0. The molecule has 0 aromatic carbocycles. The summed E-state index contributed by atoms with van der Waals surface area (Å²) < 4.78 is 5.26. The van der Waals surface area contributed by atoms with Crippen molar-refractivity contribution in [1.29, 1.82) is 0 Å². The predicted octanol–water partition coefficient (Wildman–Crippen LogP) is 3.12. The van der Waals surface area contributed by atoms with Crippen LogP contribution in [0.15, 0.2) is 12.1 Å². The van der Waals surface area contributed by atoms with Crippen LogP contribution in [0.25, 0.3) is 0 Å². The lowest BCUT2D eigenvalue weighted by atomic mass is 10.2. The monoisotopic (exact) mass is 181 g/mol. The number of hydrogen-bond donors (Lipinski definition) is 0. The van der Waals surface area contributed by atoms with Crippen LogP contribution in [0.1, 0.15) is 32.0 Å². The average Bonchev–Trinajstić information content (AvgIpc) is 2.06. The molecule has 1 heterocycles. The van der Waals surface area contributed by atoms with Crippen LogP contribution < -0.4 is 4.74 Å². The number of rotatable bonds is 2. The van der Waals surface area contributed by atoms with Gasteiger partial charge in [-0.15, -0.1) is 0 Å². The van der Waals surface area contributed by atoms with Gasteiger partial charge in [-0.1, -0.05) is 13.8 Å². The minimum absolute atomic E-state index is 0.676. The van der Waals surface area contributed by atoms with E-state index in [2.05, 4.69) is 4.98 Å². The highest BCUT2D eigenvalue weighted by Crippen LogP contribution is 2.10. The van der Waals surface area contributed by atoms with Gasteiger partial charge in [0.1, 0.15) is 0 Å². The van der Waals surface area contributed by atoms with Crippen LogP contribution in [0.4, 0.5) is 0 Å². The third-order valence-electron chi connectivity index (χ3n) is 1.37. The summed E-state index contributed by atoms with van der Waals surface area (Å²) in [5.74, 6) is 0.727. The lowest BCUT2D eigenvalue weighted by Crippen LogP contribution is -1.95. The molecular weight excluding hydrogens is 162 g/mol. The highest BCUT2D eigenvalue weighted by Gasteiger charge is 1.95. The zero-order valence-corrected chi connectivity index (χ0v) is 9.22. The maximum Gasteiger partial charge on any atom is 0.213 e. The molecule has 0 saturated heterocycles. The van der Waals surface area contributed by atoms with E-state index in [0.717, 1.165) is 11.6 Å². The number of nitrogens with zero attached hydrogens (tertiary/aromatic N) is 1. The first-order valence-corrected chi connectivity index (χ1v) is 4.80. The molecule has 1 aromatic heterocycles. The van der Waals surface area contributed by atoms with E-state index in [4.69, 9.17) is 4.74 Å². The van der Waals surface area contributed by atoms with Crippen LogP contribution >= 0.6 is 0 Å². The zero-order valence-electron chi connectivity index (χ0n) is 9.22. The fourth-order valence-electron chi connectivity index (χ4n) is 1.03. The van der Waals surface area contributed by atoms with Crippen LogP contribution in [0, 0.1) is 13.8 Å². The average molecular weight is 181 g/mol. The Balaban J connectivity index is 0.000000671. The predicted molar refractivity (Wildman–Crippen MR) is 56.2 cm³/mol. The van der Waals surface area contributed by atoms with Gasteiger partial charge >= 0.3 is 0 Å². The third-order valence-corrected chi connectivity index (χ3v) is 1.37. The highest BCUT2D eigenvalue weighted by atomic mass is 16.5. The molecule has 2 heteroatoms. The second-order valence-corrected chi connectivity index (χ2v) is 2.56. The Morgan fingerprint density at radius 2 is 1.85 bits per heavy atom. The van der Waals surface area contributed by atoms with Crippen molar-refractivity contribution in [3.63, 3.8) is 0 Å². The molecule has 2 nitrogen and oxygen atoms in total. The van der Waals surface area contributed by atoms with E-state index in [-0.39, 0.29) is 0 Å². The molecule has 0 N–H and O–H groups in total. The maximum absolute atomic E-state index is 5.26. The number of aryl methyl sites for hydroxylation is 2. The number of aromatic nitrogens is 1. The lowest BCUT2D eigenvalue weighted by Gasteiger charge is -2.03. The van der Waals surface area contributed by atoms with Crippen molar-refractivity contribution in [2.24, 2.45) is 0 Å². The minimum atomic E-state index is 0.676. The normalized spacial score (nSPS) is 8.69. The molecule has 0 bridgehead atoms. The molecule has 74 valence electrons. The molecule has 0 aliphatic carbocycles. The van der Waals surface area contributed by atoms with E-state index in [0.29, 0.717) is 6.61 Å². The SMILES string of the molecule is CC.CCOc1cc(C)cc(C)n1. The van der Waals surface area contributed by atoms with Crippen LogP contribution in [0.3, 0.4) is 0 Å². The molecule has 0 unspecified atom stereocenters. The van der Waals surface area contributed by atoms with E-state index >= 15 is 0 Å². The van der Waals surface area contributed by atoms with Gasteiger partial charge in [-0.05, 0) is 32.4 Å². The third kappa shape index (κ3) is 4.51. The maximum atomic E-state index is 5.26. The molecule has 0 aliphatic rings. The summed E-state index contributed by atoms with van der Waals surface area (Å²) >= 11 is 0. The van der Waals surface area contributed by atoms with Gasteiger partial charge in [0, 0.05) is 11.8 Å². The van der Waals surface area contributed by atoms with E-state index in [1.807, 2.05) is 46.8 Å². The van der Waals surface area contributed by atoms with Crippen molar-refractivity contribution < 1.29 is 4.74 Å². The molecule has 0 spiro atoms. The molecule has 13 heavy (non-hydrogen) atoms. The Hall–Kier alpha value is -1.05. The number of ether oxygens (including phenoxy) is 1. The first-order chi connectivity index (χ1) is 6.22. The van der Waals surface area contributed by atoms with Crippen molar-refractivity contribution in [3.05, 3.63) is 23.4 Å². The molecule has 0 amide bonds. The molecular formula is C11H19NO. The molecule has 0 atom stereocenters. The van der Waals surface area contributed by atoms with Gasteiger partial charge in [0.15, 0.2) is 0 Å². The van der Waals surface area contributed by atoms with Gasteiger partial charge in [0.05, 0.1) is 6.61 Å². The van der Waals surface area contributed by atoms with E-state index in [9.17, 15) is 0 Å². The first-order valence-electron chi connectivity index (χ1n) is 4.80. The van der Waals surface area contributed by atoms with Crippen LogP contribution in [-0.2, 0) is 0 Å². The summed E-state index contributed by atoms with van der Waals surface area (Å²) in [4.78, 5) is 4.20. The van der Waals surface area contributed by atoms with E-state index < -0.39 is 0 Å². The van der Waals surface area contributed by atoms with Crippen molar-refractivity contribution in [3.8, 4) is 5.88 Å². The largest absolute Gasteiger partial charge is 0.478 e. The van der Waals surface area contributed by atoms with Crippen LogP contribution in [0.5, 0.6) is 5.88 Å². The van der Waals surface area contributed by atoms with Gasteiger partial charge in [-0.25, -0.2) is 4.98 Å². The molecule has 0 saturated carbocycles. The Morgan fingerprint density at radius 1 is 1.23 bits per heavy atom. The van der Waals surface area contributed by atoms with Crippen LogP contribution in [0.2, 0.25) is 0 Å². The topological polar surface area (TPSA) is 22.1 Å². The van der Waals surface area contributed by atoms with Crippen molar-refractivity contribution >= 4 is 0 Å². The van der Waals surface area contributed by atoms with Crippen molar-refractivity contribution in [1.82, 2.24) is 4.98 Å². The van der Waals surface area contributed by atoms with Gasteiger partial charge in [0.2, 0.25) is 5.88 Å². The molecule has 0 aliphatic heterocycles. The fraction of sp³-hybridized carbons (Fsp3) is 0.545. The molecule has 1 rings (SSSR count). The first kappa shape index (κ1) is 11.9. The summed E-state index contributed by atoms with van der Waals surface area (Å²) in [5.41, 5.74) is 2.20.